The minimum atomic E-state index is 0.233. The maximum absolute atomic E-state index is 6.20. The Hall–Kier alpha value is -1.98. The predicted octanol–water partition coefficient (Wildman–Crippen LogP) is 3.37. The molecule has 1 aromatic heterocycles. The van der Waals surface area contributed by atoms with Crippen LogP contribution in [0.4, 0.5) is 0 Å². The van der Waals surface area contributed by atoms with E-state index in [1.807, 2.05) is 13.0 Å². The Morgan fingerprint density at radius 2 is 2.14 bits per heavy atom. The molecule has 0 saturated carbocycles. The van der Waals surface area contributed by atoms with Crippen molar-refractivity contribution < 1.29 is 14.2 Å². The molecule has 1 aliphatic heterocycles. The van der Waals surface area contributed by atoms with Crippen LogP contribution in [0.15, 0.2) is 30.5 Å². The van der Waals surface area contributed by atoms with E-state index in [4.69, 9.17) is 25.8 Å². The van der Waals surface area contributed by atoms with Crippen LogP contribution in [0.3, 0.4) is 0 Å². The van der Waals surface area contributed by atoms with Gasteiger partial charge in [0, 0.05) is 18.8 Å². The molecular formula is C15H15ClN2O3. The van der Waals surface area contributed by atoms with Crippen LogP contribution in [0, 0.1) is 0 Å². The van der Waals surface area contributed by atoms with Crippen molar-refractivity contribution in [1.29, 1.82) is 0 Å². The third kappa shape index (κ3) is 3.20. The first kappa shape index (κ1) is 14.0. The molecule has 0 spiro atoms. The number of aromatic nitrogens is 1. The first-order valence-corrected chi connectivity index (χ1v) is 7.06. The van der Waals surface area contributed by atoms with E-state index in [0.717, 1.165) is 18.7 Å². The molecule has 6 heteroatoms. The maximum Gasteiger partial charge on any atom is 0.238 e. The van der Waals surface area contributed by atoms with Crippen molar-refractivity contribution in [3.05, 3.63) is 41.0 Å². The Morgan fingerprint density at radius 3 is 2.95 bits per heavy atom. The van der Waals surface area contributed by atoms with Gasteiger partial charge in [-0.2, -0.15) is 0 Å². The molecule has 0 radical (unpaired) electrons. The number of fused-ring (bicyclic) bond motifs is 1. The van der Waals surface area contributed by atoms with E-state index in [0.29, 0.717) is 28.2 Å². The van der Waals surface area contributed by atoms with E-state index in [1.54, 1.807) is 24.4 Å². The Labute approximate surface area is 127 Å². The Kier molecular flexibility index (Phi) is 4.13. The van der Waals surface area contributed by atoms with Gasteiger partial charge in [0.1, 0.15) is 10.8 Å². The lowest BCUT2D eigenvalue weighted by Crippen LogP contribution is -2.11. The summed E-state index contributed by atoms with van der Waals surface area (Å²) in [6, 6.07) is 7.19. The van der Waals surface area contributed by atoms with Gasteiger partial charge in [0.05, 0.1) is 0 Å². The minimum absolute atomic E-state index is 0.233. The Morgan fingerprint density at radius 1 is 1.29 bits per heavy atom. The molecule has 0 aliphatic carbocycles. The predicted molar refractivity (Wildman–Crippen MR) is 79.3 cm³/mol. The number of ether oxygens (including phenoxy) is 3. The SMILES string of the molecule is CCNCc1cnc(Oc2ccc3c(c2)OCO3)c(Cl)c1. The van der Waals surface area contributed by atoms with Gasteiger partial charge in [0.25, 0.3) is 0 Å². The van der Waals surface area contributed by atoms with Crippen molar-refractivity contribution in [1.82, 2.24) is 10.3 Å². The van der Waals surface area contributed by atoms with E-state index < -0.39 is 0 Å². The maximum atomic E-state index is 6.20. The number of halogens is 1. The van der Waals surface area contributed by atoms with Crippen molar-refractivity contribution in [2.75, 3.05) is 13.3 Å². The van der Waals surface area contributed by atoms with Crippen LogP contribution in [-0.4, -0.2) is 18.3 Å². The molecule has 0 unspecified atom stereocenters. The zero-order chi connectivity index (χ0) is 14.7. The summed E-state index contributed by atoms with van der Waals surface area (Å²) in [5, 5.41) is 3.69. The number of nitrogens with one attached hydrogen (secondary N) is 1. The molecule has 3 rings (SSSR count). The van der Waals surface area contributed by atoms with Crippen molar-refractivity contribution in [3.63, 3.8) is 0 Å². The van der Waals surface area contributed by atoms with Crippen molar-refractivity contribution in [2.24, 2.45) is 0 Å². The van der Waals surface area contributed by atoms with Gasteiger partial charge in [-0.3, -0.25) is 0 Å². The highest BCUT2D eigenvalue weighted by Crippen LogP contribution is 2.37. The minimum Gasteiger partial charge on any atom is -0.454 e. The molecule has 0 amide bonds. The second-order valence-electron chi connectivity index (χ2n) is 4.53. The molecular weight excluding hydrogens is 292 g/mol. The molecule has 21 heavy (non-hydrogen) atoms. The van der Waals surface area contributed by atoms with Crippen LogP contribution in [-0.2, 0) is 6.54 Å². The average molecular weight is 307 g/mol. The normalized spacial score (nSPS) is 12.5. The second-order valence-corrected chi connectivity index (χ2v) is 4.94. The van der Waals surface area contributed by atoms with Gasteiger partial charge in [0.15, 0.2) is 11.5 Å². The summed E-state index contributed by atoms with van der Waals surface area (Å²) < 4.78 is 16.3. The van der Waals surface area contributed by atoms with Gasteiger partial charge >= 0.3 is 0 Å². The van der Waals surface area contributed by atoms with Gasteiger partial charge in [-0.1, -0.05) is 18.5 Å². The molecule has 110 valence electrons. The largest absolute Gasteiger partial charge is 0.454 e. The summed E-state index contributed by atoms with van der Waals surface area (Å²) in [5.74, 6) is 2.35. The van der Waals surface area contributed by atoms with Crippen molar-refractivity contribution in [2.45, 2.75) is 13.5 Å². The average Bonchev–Trinajstić information content (AvgIpc) is 2.95. The van der Waals surface area contributed by atoms with Gasteiger partial charge in [-0.25, -0.2) is 4.98 Å². The second kappa shape index (κ2) is 6.20. The Bertz CT molecular complexity index is 649. The topological polar surface area (TPSA) is 52.6 Å². The summed E-state index contributed by atoms with van der Waals surface area (Å²) in [6.07, 6.45) is 1.75. The van der Waals surface area contributed by atoms with Crippen LogP contribution < -0.4 is 19.5 Å². The van der Waals surface area contributed by atoms with Crippen molar-refractivity contribution >= 4 is 11.6 Å². The van der Waals surface area contributed by atoms with E-state index in [-0.39, 0.29) is 6.79 Å². The first-order valence-electron chi connectivity index (χ1n) is 6.69. The summed E-state index contributed by atoms with van der Waals surface area (Å²) in [6.45, 7) is 3.91. The number of pyridine rings is 1. The molecule has 0 bridgehead atoms. The zero-order valence-corrected chi connectivity index (χ0v) is 12.3. The standard InChI is InChI=1S/C15H15ClN2O3/c1-2-17-7-10-5-12(16)15(18-8-10)21-11-3-4-13-14(6-11)20-9-19-13/h3-6,8,17H,2,7,9H2,1H3. The molecule has 5 nitrogen and oxygen atoms in total. The first-order chi connectivity index (χ1) is 10.3. The van der Waals surface area contributed by atoms with E-state index >= 15 is 0 Å². The highest BCUT2D eigenvalue weighted by atomic mass is 35.5. The third-order valence-electron chi connectivity index (χ3n) is 3.00. The lowest BCUT2D eigenvalue weighted by Gasteiger charge is -2.09. The summed E-state index contributed by atoms with van der Waals surface area (Å²) in [4.78, 5) is 4.25. The van der Waals surface area contributed by atoms with Gasteiger partial charge in [-0.05, 0) is 30.3 Å². The highest BCUT2D eigenvalue weighted by molar-refractivity contribution is 6.31. The molecule has 1 aromatic carbocycles. The molecule has 2 heterocycles. The summed E-state index contributed by atoms with van der Waals surface area (Å²) in [5.41, 5.74) is 1.01. The molecule has 1 N–H and O–H groups in total. The van der Waals surface area contributed by atoms with Crippen LogP contribution >= 0.6 is 11.6 Å². The quantitative estimate of drug-likeness (QED) is 0.918. The van der Waals surface area contributed by atoms with Gasteiger partial charge in [-0.15, -0.1) is 0 Å². The zero-order valence-electron chi connectivity index (χ0n) is 11.6. The van der Waals surface area contributed by atoms with E-state index in [9.17, 15) is 0 Å². The number of rotatable bonds is 5. The number of hydrogen-bond donors (Lipinski definition) is 1. The van der Waals surface area contributed by atoms with Crippen LogP contribution in [0.5, 0.6) is 23.1 Å². The lowest BCUT2D eigenvalue weighted by atomic mass is 10.3. The lowest BCUT2D eigenvalue weighted by molar-refractivity contribution is 0.174. The molecule has 2 aromatic rings. The van der Waals surface area contributed by atoms with Crippen molar-refractivity contribution in [3.8, 4) is 23.1 Å². The third-order valence-corrected chi connectivity index (χ3v) is 3.27. The molecule has 1 aliphatic rings. The summed E-state index contributed by atoms with van der Waals surface area (Å²) in [7, 11) is 0. The van der Waals surface area contributed by atoms with Crippen LogP contribution in [0.25, 0.3) is 0 Å². The molecule has 0 saturated heterocycles. The van der Waals surface area contributed by atoms with Crippen LogP contribution in [0.1, 0.15) is 12.5 Å². The Balaban J connectivity index is 1.75. The monoisotopic (exact) mass is 306 g/mol. The highest BCUT2D eigenvalue weighted by Gasteiger charge is 2.15. The number of hydrogen-bond acceptors (Lipinski definition) is 5. The fraction of sp³-hybridized carbons (Fsp3) is 0.267. The molecule has 0 atom stereocenters. The molecule has 0 fully saturated rings. The van der Waals surface area contributed by atoms with E-state index in [1.165, 1.54) is 0 Å². The van der Waals surface area contributed by atoms with Gasteiger partial charge < -0.3 is 19.5 Å². The number of benzene rings is 1. The van der Waals surface area contributed by atoms with Gasteiger partial charge in [0.2, 0.25) is 12.7 Å². The smallest absolute Gasteiger partial charge is 0.238 e. The van der Waals surface area contributed by atoms with Crippen LogP contribution in [0.2, 0.25) is 5.02 Å². The van der Waals surface area contributed by atoms with E-state index in [2.05, 4.69) is 10.3 Å². The number of nitrogens with zero attached hydrogens (tertiary/aromatic N) is 1. The fourth-order valence-electron chi connectivity index (χ4n) is 1.96. The fourth-order valence-corrected chi connectivity index (χ4v) is 2.19. The summed E-state index contributed by atoms with van der Waals surface area (Å²) >= 11 is 6.20.